The smallest absolute Gasteiger partial charge is 0.253 e. The van der Waals surface area contributed by atoms with E-state index in [1.807, 2.05) is 45.0 Å². The highest BCUT2D eigenvalue weighted by molar-refractivity contribution is 9.10. The van der Waals surface area contributed by atoms with E-state index in [0.29, 0.717) is 0 Å². The fourth-order valence-electron chi connectivity index (χ4n) is 1.34. The molecule has 4 heteroatoms. The number of carbonyl (C=O) groups excluding carboxylic acids is 1. The van der Waals surface area contributed by atoms with Crippen LogP contribution in [0.1, 0.15) is 26.3 Å². The van der Waals surface area contributed by atoms with Crippen LogP contribution in [0, 0.1) is 0 Å². The lowest BCUT2D eigenvalue weighted by Crippen LogP contribution is -2.45. The van der Waals surface area contributed by atoms with Crippen molar-refractivity contribution < 1.29 is 9.90 Å². The fraction of sp³-hybridized carbons (Fsp3) is 0.357. The van der Waals surface area contributed by atoms with Gasteiger partial charge >= 0.3 is 0 Å². The van der Waals surface area contributed by atoms with Crippen molar-refractivity contribution in [3.63, 3.8) is 0 Å². The number of aliphatic hydroxyl groups is 1. The lowest BCUT2D eigenvalue weighted by molar-refractivity contribution is -0.128. The van der Waals surface area contributed by atoms with Crippen molar-refractivity contribution in [3.05, 3.63) is 40.4 Å². The highest BCUT2D eigenvalue weighted by Gasteiger charge is 2.18. The normalized spacial score (nSPS) is 13.6. The van der Waals surface area contributed by atoms with Crippen molar-refractivity contribution in [2.45, 2.75) is 32.4 Å². The molecule has 1 rings (SSSR count). The van der Waals surface area contributed by atoms with E-state index in [4.69, 9.17) is 0 Å². The molecule has 98 valence electrons. The molecule has 0 aromatic heterocycles. The molecule has 1 aromatic rings. The summed E-state index contributed by atoms with van der Waals surface area (Å²) in [5, 5.41) is 12.4. The fourth-order valence-corrected chi connectivity index (χ4v) is 1.76. The Labute approximate surface area is 116 Å². The van der Waals surface area contributed by atoms with E-state index in [9.17, 15) is 9.90 Å². The predicted molar refractivity (Wildman–Crippen MR) is 77.1 cm³/mol. The summed E-state index contributed by atoms with van der Waals surface area (Å²) in [4.78, 5) is 11.6. The van der Waals surface area contributed by atoms with Crippen molar-refractivity contribution in [1.29, 1.82) is 0 Å². The number of nitrogens with one attached hydrogen (secondary N) is 1. The molecule has 1 aromatic carbocycles. The first-order valence-electron chi connectivity index (χ1n) is 5.72. The molecule has 18 heavy (non-hydrogen) atoms. The van der Waals surface area contributed by atoms with Crippen LogP contribution in [0.15, 0.2) is 34.8 Å². The van der Waals surface area contributed by atoms with Gasteiger partial charge in [0.1, 0.15) is 0 Å². The molecular formula is C14H18BrNO2. The van der Waals surface area contributed by atoms with Gasteiger partial charge in [-0.3, -0.25) is 4.79 Å². The van der Waals surface area contributed by atoms with Crippen LogP contribution in [-0.2, 0) is 4.79 Å². The number of hydrogen-bond donors (Lipinski definition) is 2. The number of rotatable bonds is 3. The molecule has 0 saturated heterocycles. The summed E-state index contributed by atoms with van der Waals surface area (Å²) in [6.07, 6.45) is 2.06. The lowest BCUT2D eigenvalue weighted by atomic mass is 10.1. The summed E-state index contributed by atoms with van der Waals surface area (Å²) in [5.41, 5.74) is 0.578. The minimum atomic E-state index is -1.14. The van der Waals surface area contributed by atoms with Crippen LogP contribution in [0.3, 0.4) is 0 Å². The number of aliphatic hydroxyl groups excluding tert-OH is 1. The van der Waals surface area contributed by atoms with Crippen LogP contribution in [0.2, 0.25) is 0 Å². The summed E-state index contributed by atoms with van der Waals surface area (Å²) in [5.74, 6) is -0.395. The van der Waals surface area contributed by atoms with E-state index < -0.39 is 12.0 Å². The van der Waals surface area contributed by atoms with E-state index in [-0.39, 0.29) is 5.54 Å². The molecule has 0 aliphatic rings. The summed E-state index contributed by atoms with van der Waals surface area (Å²) >= 11 is 3.36. The Bertz CT molecular complexity index is 449. The van der Waals surface area contributed by atoms with E-state index in [1.54, 1.807) is 6.08 Å². The zero-order chi connectivity index (χ0) is 13.8. The summed E-state index contributed by atoms with van der Waals surface area (Å²) in [6, 6.07) is 7.62. The van der Waals surface area contributed by atoms with Gasteiger partial charge < -0.3 is 10.4 Å². The van der Waals surface area contributed by atoms with E-state index in [2.05, 4.69) is 21.2 Å². The maximum atomic E-state index is 11.6. The van der Waals surface area contributed by atoms with Crippen molar-refractivity contribution in [2.24, 2.45) is 0 Å². The van der Waals surface area contributed by atoms with Crippen molar-refractivity contribution >= 4 is 27.9 Å². The topological polar surface area (TPSA) is 49.3 Å². The van der Waals surface area contributed by atoms with Crippen LogP contribution >= 0.6 is 15.9 Å². The van der Waals surface area contributed by atoms with Crippen molar-refractivity contribution in [2.75, 3.05) is 0 Å². The van der Waals surface area contributed by atoms with E-state index in [0.717, 1.165) is 10.0 Å². The van der Waals surface area contributed by atoms with Gasteiger partial charge in [-0.25, -0.2) is 0 Å². The van der Waals surface area contributed by atoms with Gasteiger partial charge in [-0.15, -0.1) is 0 Å². The highest BCUT2D eigenvalue weighted by atomic mass is 79.9. The minimum Gasteiger partial charge on any atom is -0.379 e. The molecule has 0 heterocycles. The molecule has 1 atom stereocenters. The largest absolute Gasteiger partial charge is 0.379 e. The van der Waals surface area contributed by atoms with Crippen LogP contribution < -0.4 is 5.32 Å². The number of amides is 1. The Morgan fingerprint density at radius 2 is 2.11 bits per heavy atom. The summed E-state index contributed by atoms with van der Waals surface area (Å²) in [7, 11) is 0. The number of benzene rings is 1. The van der Waals surface area contributed by atoms with E-state index in [1.165, 1.54) is 6.08 Å². The molecule has 3 nitrogen and oxygen atoms in total. The Morgan fingerprint density at radius 3 is 2.67 bits per heavy atom. The van der Waals surface area contributed by atoms with Gasteiger partial charge in [-0.2, -0.15) is 0 Å². The standard InChI is InChI=1S/C14H18BrNO2/c1-14(2,3)16-13(18)12(17)8-7-10-5-4-6-11(15)9-10/h4-9,12,17H,1-3H3,(H,16,18)/b8-7+/t12-/m0/s1. The third-order valence-corrected chi connectivity index (χ3v) is 2.58. The van der Waals surface area contributed by atoms with Crippen LogP contribution in [0.5, 0.6) is 0 Å². The molecule has 2 N–H and O–H groups in total. The SMILES string of the molecule is CC(C)(C)NC(=O)[C@@H](O)/C=C/c1cccc(Br)c1. The van der Waals surface area contributed by atoms with Crippen molar-refractivity contribution in [3.8, 4) is 0 Å². The summed E-state index contributed by atoms with van der Waals surface area (Å²) in [6.45, 7) is 5.61. The van der Waals surface area contributed by atoms with Gasteiger partial charge in [-0.1, -0.05) is 34.1 Å². The average Bonchev–Trinajstić information content (AvgIpc) is 2.23. The van der Waals surface area contributed by atoms with Gasteiger partial charge in [0, 0.05) is 10.0 Å². The highest BCUT2D eigenvalue weighted by Crippen LogP contribution is 2.13. The second kappa shape index (κ2) is 6.16. The molecule has 0 radical (unpaired) electrons. The quantitative estimate of drug-likeness (QED) is 0.901. The first kappa shape index (κ1) is 14.9. The first-order valence-corrected chi connectivity index (χ1v) is 6.51. The van der Waals surface area contributed by atoms with Gasteiger partial charge in [0.05, 0.1) is 0 Å². The Hall–Kier alpha value is -1.13. The second-order valence-electron chi connectivity index (χ2n) is 5.10. The zero-order valence-electron chi connectivity index (χ0n) is 10.8. The van der Waals surface area contributed by atoms with Crippen LogP contribution in [0.25, 0.3) is 6.08 Å². The van der Waals surface area contributed by atoms with Crippen molar-refractivity contribution in [1.82, 2.24) is 5.32 Å². The monoisotopic (exact) mass is 311 g/mol. The van der Waals surface area contributed by atoms with Crippen LogP contribution in [0.4, 0.5) is 0 Å². The number of hydrogen-bond acceptors (Lipinski definition) is 2. The molecule has 0 unspecified atom stereocenters. The molecule has 0 aliphatic carbocycles. The molecule has 1 amide bonds. The Kier molecular flexibility index (Phi) is 5.11. The molecule has 0 saturated carbocycles. The molecule has 0 bridgehead atoms. The molecule has 0 spiro atoms. The maximum absolute atomic E-state index is 11.6. The van der Waals surface area contributed by atoms with Gasteiger partial charge in [0.25, 0.3) is 5.91 Å². The Morgan fingerprint density at radius 1 is 1.44 bits per heavy atom. The zero-order valence-corrected chi connectivity index (χ0v) is 12.4. The minimum absolute atomic E-state index is 0.346. The summed E-state index contributed by atoms with van der Waals surface area (Å²) < 4.78 is 0.957. The number of halogens is 1. The lowest BCUT2D eigenvalue weighted by Gasteiger charge is -2.21. The molecule has 0 aliphatic heterocycles. The molecule has 0 fully saturated rings. The van der Waals surface area contributed by atoms with Gasteiger partial charge in [-0.05, 0) is 44.5 Å². The van der Waals surface area contributed by atoms with Gasteiger partial charge in [0.2, 0.25) is 0 Å². The third kappa shape index (κ3) is 5.47. The predicted octanol–water partition coefficient (Wildman–Crippen LogP) is 2.74. The van der Waals surface area contributed by atoms with E-state index >= 15 is 0 Å². The number of carbonyl (C=O) groups is 1. The van der Waals surface area contributed by atoms with Gasteiger partial charge in [0.15, 0.2) is 6.10 Å². The molecular weight excluding hydrogens is 294 g/mol. The average molecular weight is 312 g/mol. The second-order valence-corrected chi connectivity index (χ2v) is 6.01. The van der Waals surface area contributed by atoms with Crippen LogP contribution in [-0.4, -0.2) is 22.7 Å². The Balaban J connectivity index is 2.64. The third-order valence-electron chi connectivity index (χ3n) is 2.09. The maximum Gasteiger partial charge on any atom is 0.253 e. The first-order chi connectivity index (χ1) is 8.28.